The van der Waals surface area contributed by atoms with E-state index in [-0.39, 0.29) is 30.0 Å². The van der Waals surface area contributed by atoms with Crippen molar-refractivity contribution >= 4 is 40.0 Å². The van der Waals surface area contributed by atoms with Crippen molar-refractivity contribution in [1.82, 2.24) is 14.9 Å². The lowest BCUT2D eigenvalue weighted by Gasteiger charge is -2.26. The first-order chi connectivity index (χ1) is 11.4. The van der Waals surface area contributed by atoms with Crippen LogP contribution >= 0.6 is 24.0 Å². The van der Waals surface area contributed by atoms with Crippen molar-refractivity contribution in [2.24, 2.45) is 4.99 Å². The highest BCUT2D eigenvalue weighted by Gasteiger charge is 2.25. The van der Waals surface area contributed by atoms with Gasteiger partial charge in [0.05, 0.1) is 4.90 Å². The van der Waals surface area contributed by atoms with Gasteiger partial charge >= 0.3 is 0 Å². The van der Waals surface area contributed by atoms with Crippen LogP contribution in [0.3, 0.4) is 0 Å². The monoisotopic (exact) mass is 480 g/mol. The van der Waals surface area contributed by atoms with Crippen molar-refractivity contribution in [1.29, 1.82) is 0 Å². The molecule has 1 aromatic carbocycles. The fraction of sp³-hybridized carbons (Fsp3) is 0.588. The number of rotatable bonds is 5. The van der Waals surface area contributed by atoms with Gasteiger partial charge in [0.1, 0.15) is 0 Å². The summed E-state index contributed by atoms with van der Waals surface area (Å²) in [7, 11) is -1.67. The van der Waals surface area contributed by atoms with Gasteiger partial charge in [0, 0.05) is 32.7 Å². The molecule has 0 aromatic heterocycles. The molecular formula is C17H29IN4O2S. The summed E-state index contributed by atoms with van der Waals surface area (Å²) >= 11 is 0. The molecule has 2 rings (SSSR count). The van der Waals surface area contributed by atoms with Gasteiger partial charge in [0.15, 0.2) is 5.96 Å². The second-order valence-electron chi connectivity index (χ2n) is 6.34. The second-order valence-corrected chi connectivity index (χ2v) is 8.27. The minimum atomic E-state index is -3.39. The fourth-order valence-electron chi connectivity index (χ4n) is 2.72. The van der Waals surface area contributed by atoms with Crippen molar-refractivity contribution in [2.75, 3.05) is 20.1 Å². The van der Waals surface area contributed by atoms with E-state index in [1.54, 1.807) is 29.6 Å². The predicted octanol–water partition coefficient (Wildman–Crippen LogP) is 2.55. The third-order valence-electron chi connectivity index (χ3n) is 3.96. The molecule has 0 amide bonds. The molecule has 1 aliphatic heterocycles. The summed E-state index contributed by atoms with van der Waals surface area (Å²) in [6.07, 6.45) is 2.99. The minimum Gasteiger partial charge on any atom is -0.354 e. The van der Waals surface area contributed by atoms with Crippen LogP contribution in [0.4, 0.5) is 0 Å². The van der Waals surface area contributed by atoms with Gasteiger partial charge in [0.2, 0.25) is 10.0 Å². The fourth-order valence-corrected chi connectivity index (χ4v) is 4.31. The van der Waals surface area contributed by atoms with Gasteiger partial charge in [-0.15, -0.1) is 24.0 Å². The van der Waals surface area contributed by atoms with Crippen LogP contribution in [0.1, 0.15) is 38.7 Å². The molecular weight excluding hydrogens is 451 g/mol. The van der Waals surface area contributed by atoms with Crippen molar-refractivity contribution in [3.63, 3.8) is 0 Å². The summed E-state index contributed by atoms with van der Waals surface area (Å²) in [6, 6.07) is 7.42. The first-order valence-electron chi connectivity index (χ1n) is 8.50. The lowest BCUT2D eigenvalue weighted by molar-refractivity contribution is 0.346. The number of guanidine groups is 1. The molecule has 1 fully saturated rings. The van der Waals surface area contributed by atoms with Gasteiger partial charge in [-0.3, -0.25) is 4.99 Å². The molecule has 25 heavy (non-hydrogen) atoms. The highest BCUT2D eigenvalue weighted by atomic mass is 127. The van der Waals surface area contributed by atoms with E-state index in [2.05, 4.69) is 15.6 Å². The molecule has 1 aliphatic rings. The van der Waals surface area contributed by atoms with Crippen LogP contribution < -0.4 is 10.6 Å². The first kappa shape index (κ1) is 22.2. The van der Waals surface area contributed by atoms with E-state index >= 15 is 0 Å². The van der Waals surface area contributed by atoms with E-state index in [0.29, 0.717) is 30.5 Å². The van der Waals surface area contributed by atoms with Gasteiger partial charge in [-0.1, -0.05) is 18.6 Å². The van der Waals surface area contributed by atoms with Crippen LogP contribution in [0.2, 0.25) is 0 Å². The topological polar surface area (TPSA) is 73.8 Å². The smallest absolute Gasteiger partial charge is 0.243 e. The Hall–Kier alpha value is -0.870. The second kappa shape index (κ2) is 10.3. The van der Waals surface area contributed by atoms with Crippen molar-refractivity contribution in [2.45, 2.75) is 50.6 Å². The minimum absolute atomic E-state index is 0. The van der Waals surface area contributed by atoms with Gasteiger partial charge in [0.25, 0.3) is 0 Å². The van der Waals surface area contributed by atoms with Crippen molar-refractivity contribution in [3.8, 4) is 0 Å². The Balaban J connectivity index is 0.00000312. The molecule has 0 radical (unpaired) electrons. The molecule has 0 spiro atoms. The van der Waals surface area contributed by atoms with E-state index in [1.807, 2.05) is 19.9 Å². The van der Waals surface area contributed by atoms with Gasteiger partial charge in [-0.25, -0.2) is 8.42 Å². The largest absolute Gasteiger partial charge is 0.354 e. The maximum absolute atomic E-state index is 12.7. The summed E-state index contributed by atoms with van der Waals surface area (Å²) in [6.45, 7) is 5.85. The summed E-state index contributed by atoms with van der Waals surface area (Å²) in [5, 5.41) is 6.41. The van der Waals surface area contributed by atoms with E-state index in [0.717, 1.165) is 24.8 Å². The molecule has 6 nitrogen and oxygen atoms in total. The standard InChI is InChI=1S/C17H28N4O2S.HI/c1-14(2)20-17(18-3)19-13-15-8-7-9-16(12-15)24(22,23)21-10-5-4-6-11-21;/h7-9,12,14H,4-6,10-11,13H2,1-3H3,(H2,18,19,20);1H. The van der Waals surface area contributed by atoms with Crippen LogP contribution in [0, 0.1) is 0 Å². The van der Waals surface area contributed by atoms with Crippen LogP contribution in [-0.4, -0.2) is 44.9 Å². The molecule has 1 saturated heterocycles. The van der Waals surface area contributed by atoms with Crippen LogP contribution in [0.25, 0.3) is 0 Å². The molecule has 8 heteroatoms. The number of nitrogens with one attached hydrogen (secondary N) is 2. The third-order valence-corrected chi connectivity index (χ3v) is 5.85. The zero-order valence-electron chi connectivity index (χ0n) is 15.2. The molecule has 2 N–H and O–H groups in total. The Morgan fingerprint density at radius 3 is 2.52 bits per heavy atom. The van der Waals surface area contributed by atoms with Crippen molar-refractivity contribution in [3.05, 3.63) is 29.8 Å². The van der Waals surface area contributed by atoms with Crippen LogP contribution in [0.5, 0.6) is 0 Å². The predicted molar refractivity (Wildman–Crippen MR) is 113 cm³/mol. The Kier molecular flexibility index (Phi) is 9.15. The highest BCUT2D eigenvalue weighted by molar-refractivity contribution is 14.0. The number of hydrogen-bond acceptors (Lipinski definition) is 3. The molecule has 0 atom stereocenters. The summed E-state index contributed by atoms with van der Waals surface area (Å²) in [4.78, 5) is 4.53. The average Bonchev–Trinajstić information content (AvgIpc) is 2.59. The molecule has 0 unspecified atom stereocenters. The number of piperidine rings is 1. The zero-order chi connectivity index (χ0) is 17.6. The summed E-state index contributed by atoms with van der Waals surface area (Å²) < 4.78 is 27.1. The van der Waals surface area contributed by atoms with Gasteiger partial charge in [-0.05, 0) is 44.4 Å². The van der Waals surface area contributed by atoms with E-state index in [9.17, 15) is 8.42 Å². The number of sulfonamides is 1. The lowest BCUT2D eigenvalue weighted by Crippen LogP contribution is -2.40. The number of halogens is 1. The lowest BCUT2D eigenvalue weighted by atomic mass is 10.2. The average molecular weight is 480 g/mol. The molecule has 0 bridgehead atoms. The molecule has 0 aliphatic carbocycles. The normalized spacial score (nSPS) is 16.4. The van der Waals surface area contributed by atoms with Gasteiger partial charge in [-0.2, -0.15) is 4.31 Å². The van der Waals surface area contributed by atoms with Crippen LogP contribution in [0.15, 0.2) is 34.2 Å². The van der Waals surface area contributed by atoms with E-state index in [4.69, 9.17) is 0 Å². The maximum atomic E-state index is 12.7. The van der Waals surface area contributed by atoms with Crippen molar-refractivity contribution < 1.29 is 8.42 Å². The Labute approximate surface area is 168 Å². The molecule has 0 saturated carbocycles. The number of hydrogen-bond donors (Lipinski definition) is 2. The Bertz CT molecular complexity index is 671. The van der Waals surface area contributed by atoms with E-state index in [1.165, 1.54) is 0 Å². The molecule has 142 valence electrons. The number of aliphatic imine (C=N–C) groups is 1. The SMILES string of the molecule is CN=C(NCc1cccc(S(=O)(=O)N2CCCCC2)c1)NC(C)C.I. The Morgan fingerprint density at radius 2 is 1.92 bits per heavy atom. The van der Waals surface area contributed by atoms with E-state index < -0.39 is 10.0 Å². The Morgan fingerprint density at radius 1 is 1.24 bits per heavy atom. The maximum Gasteiger partial charge on any atom is 0.243 e. The summed E-state index contributed by atoms with van der Waals surface area (Å²) in [5.74, 6) is 0.703. The first-order valence-corrected chi connectivity index (χ1v) is 9.94. The quantitative estimate of drug-likeness (QED) is 0.386. The van der Waals surface area contributed by atoms with Crippen LogP contribution in [-0.2, 0) is 16.6 Å². The number of benzene rings is 1. The molecule has 1 aromatic rings. The number of nitrogens with zero attached hydrogens (tertiary/aromatic N) is 2. The highest BCUT2D eigenvalue weighted by Crippen LogP contribution is 2.21. The zero-order valence-corrected chi connectivity index (χ0v) is 18.3. The summed E-state index contributed by atoms with van der Waals surface area (Å²) in [5.41, 5.74) is 0.916. The third kappa shape index (κ3) is 6.41. The molecule has 1 heterocycles. The van der Waals surface area contributed by atoms with Gasteiger partial charge < -0.3 is 10.6 Å².